The van der Waals surface area contributed by atoms with Gasteiger partial charge in [0.2, 0.25) is 0 Å². The van der Waals surface area contributed by atoms with Crippen molar-refractivity contribution >= 4 is 11.6 Å². The van der Waals surface area contributed by atoms with E-state index in [4.69, 9.17) is 16.3 Å². The van der Waals surface area contributed by atoms with Crippen LogP contribution in [-0.2, 0) is 0 Å². The van der Waals surface area contributed by atoms with Crippen LogP contribution in [0.5, 0.6) is 11.6 Å². The fraction of sp³-hybridized carbons (Fsp3) is 0. The number of nitrogens with zero attached hydrogens (tertiary/aromatic N) is 2. The average Bonchev–Trinajstić information content (AvgIpc) is 2.25. The standard InChI is InChI=1S/C10H6ClFN2O/c11-9-10(14-6-5-13-9)15-8-3-1-7(12)2-4-8/h1-6H. The van der Waals surface area contributed by atoms with E-state index in [0.717, 1.165) is 0 Å². The number of halogens is 2. The Morgan fingerprint density at radius 1 is 1.07 bits per heavy atom. The lowest BCUT2D eigenvalue weighted by atomic mass is 10.3. The van der Waals surface area contributed by atoms with Gasteiger partial charge < -0.3 is 4.74 Å². The van der Waals surface area contributed by atoms with Crippen LogP contribution >= 0.6 is 11.6 Å². The summed E-state index contributed by atoms with van der Waals surface area (Å²) in [6.07, 6.45) is 2.92. The molecule has 0 radical (unpaired) electrons. The normalized spacial score (nSPS) is 10.0. The molecule has 2 aromatic rings. The van der Waals surface area contributed by atoms with E-state index in [-0.39, 0.29) is 16.9 Å². The average molecular weight is 225 g/mol. The number of hydrogen-bond donors (Lipinski definition) is 0. The Kier molecular flexibility index (Phi) is 2.78. The first kappa shape index (κ1) is 9.86. The Bertz CT molecular complexity index is 461. The van der Waals surface area contributed by atoms with Crippen LogP contribution < -0.4 is 4.74 Å². The lowest BCUT2D eigenvalue weighted by molar-refractivity contribution is 0.459. The molecule has 0 saturated carbocycles. The van der Waals surface area contributed by atoms with Gasteiger partial charge in [0.05, 0.1) is 0 Å². The van der Waals surface area contributed by atoms with E-state index >= 15 is 0 Å². The van der Waals surface area contributed by atoms with E-state index < -0.39 is 0 Å². The van der Waals surface area contributed by atoms with Gasteiger partial charge in [-0.15, -0.1) is 0 Å². The summed E-state index contributed by atoms with van der Waals surface area (Å²) >= 11 is 5.73. The molecule has 0 amide bonds. The van der Waals surface area contributed by atoms with Crippen molar-refractivity contribution < 1.29 is 9.13 Å². The van der Waals surface area contributed by atoms with Crippen LogP contribution in [0.25, 0.3) is 0 Å². The first-order valence-electron chi connectivity index (χ1n) is 4.15. The highest BCUT2D eigenvalue weighted by atomic mass is 35.5. The molecular weight excluding hydrogens is 219 g/mol. The van der Waals surface area contributed by atoms with Crippen LogP contribution in [0.2, 0.25) is 5.15 Å². The van der Waals surface area contributed by atoms with E-state index in [2.05, 4.69) is 9.97 Å². The molecule has 1 heterocycles. The number of hydrogen-bond acceptors (Lipinski definition) is 3. The maximum Gasteiger partial charge on any atom is 0.257 e. The summed E-state index contributed by atoms with van der Waals surface area (Å²) in [7, 11) is 0. The Hall–Kier alpha value is -1.68. The maximum absolute atomic E-state index is 12.6. The van der Waals surface area contributed by atoms with Gasteiger partial charge in [0, 0.05) is 12.4 Å². The molecule has 0 unspecified atom stereocenters. The van der Waals surface area contributed by atoms with E-state index in [1.165, 1.54) is 36.7 Å². The van der Waals surface area contributed by atoms with Crippen molar-refractivity contribution in [2.75, 3.05) is 0 Å². The van der Waals surface area contributed by atoms with Gasteiger partial charge in [0.1, 0.15) is 11.6 Å². The molecule has 0 fully saturated rings. The summed E-state index contributed by atoms with van der Waals surface area (Å²) in [6.45, 7) is 0. The smallest absolute Gasteiger partial charge is 0.257 e. The van der Waals surface area contributed by atoms with Crippen molar-refractivity contribution in [2.45, 2.75) is 0 Å². The van der Waals surface area contributed by atoms with Crippen molar-refractivity contribution in [3.8, 4) is 11.6 Å². The van der Waals surface area contributed by atoms with Crippen LogP contribution in [0.3, 0.4) is 0 Å². The van der Waals surface area contributed by atoms with Gasteiger partial charge in [-0.2, -0.15) is 0 Å². The van der Waals surface area contributed by atoms with Crippen molar-refractivity contribution in [1.82, 2.24) is 9.97 Å². The fourth-order valence-electron chi connectivity index (χ4n) is 0.991. The predicted molar refractivity (Wildman–Crippen MR) is 53.5 cm³/mol. The minimum absolute atomic E-state index is 0.168. The third-order valence-electron chi connectivity index (χ3n) is 1.65. The van der Waals surface area contributed by atoms with Crippen LogP contribution in [0, 0.1) is 5.82 Å². The van der Waals surface area contributed by atoms with Crippen molar-refractivity contribution in [3.05, 3.63) is 47.6 Å². The molecule has 0 aliphatic heterocycles. The molecule has 15 heavy (non-hydrogen) atoms. The third kappa shape index (κ3) is 2.41. The number of aromatic nitrogens is 2. The van der Waals surface area contributed by atoms with Gasteiger partial charge in [0.15, 0.2) is 5.15 Å². The predicted octanol–water partition coefficient (Wildman–Crippen LogP) is 3.06. The van der Waals surface area contributed by atoms with Crippen LogP contribution in [0.4, 0.5) is 4.39 Å². The molecule has 1 aromatic heterocycles. The Balaban J connectivity index is 2.22. The van der Waals surface area contributed by atoms with Crippen LogP contribution in [-0.4, -0.2) is 9.97 Å². The maximum atomic E-state index is 12.6. The molecule has 0 N–H and O–H groups in total. The highest BCUT2D eigenvalue weighted by Crippen LogP contribution is 2.24. The molecule has 1 aromatic carbocycles. The molecule has 0 spiro atoms. The second-order valence-corrected chi connectivity index (χ2v) is 3.07. The minimum Gasteiger partial charge on any atom is -0.436 e. The Labute approximate surface area is 90.5 Å². The number of ether oxygens (including phenoxy) is 1. The van der Waals surface area contributed by atoms with Gasteiger partial charge in [-0.3, -0.25) is 0 Å². The topological polar surface area (TPSA) is 35.0 Å². The zero-order valence-corrected chi connectivity index (χ0v) is 8.28. The fourth-order valence-corrected chi connectivity index (χ4v) is 1.13. The largest absolute Gasteiger partial charge is 0.436 e. The molecule has 3 nitrogen and oxygen atoms in total. The van der Waals surface area contributed by atoms with Crippen LogP contribution in [0.1, 0.15) is 0 Å². The third-order valence-corrected chi connectivity index (χ3v) is 1.91. The molecule has 0 saturated heterocycles. The lowest BCUT2D eigenvalue weighted by Crippen LogP contribution is -1.90. The van der Waals surface area contributed by atoms with Gasteiger partial charge in [0.25, 0.3) is 5.88 Å². The summed E-state index contributed by atoms with van der Waals surface area (Å²) < 4.78 is 17.9. The van der Waals surface area contributed by atoms with Gasteiger partial charge in [-0.1, -0.05) is 11.6 Å². The first-order chi connectivity index (χ1) is 7.25. The molecule has 2 rings (SSSR count). The minimum atomic E-state index is -0.326. The highest BCUT2D eigenvalue weighted by molar-refractivity contribution is 6.30. The molecular formula is C10H6ClFN2O. The van der Waals surface area contributed by atoms with E-state index in [9.17, 15) is 4.39 Å². The van der Waals surface area contributed by atoms with Crippen molar-refractivity contribution in [2.24, 2.45) is 0 Å². The first-order valence-corrected chi connectivity index (χ1v) is 4.53. The lowest BCUT2D eigenvalue weighted by Gasteiger charge is -2.04. The highest BCUT2D eigenvalue weighted by Gasteiger charge is 2.04. The van der Waals surface area contributed by atoms with Crippen molar-refractivity contribution in [3.63, 3.8) is 0 Å². The Morgan fingerprint density at radius 3 is 2.40 bits per heavy atom. The molecule has 0 aliphatic carbocycles. The second-order valence-electron chi connectivity index (χ2n) is 2.71. The molecule has 0 aliphatic rings. The number of benzene rings is 1. The monoisotopic (exact) mass is 224 g/mol. The quantitative estimate of drug-likeness (QED) is 0.786. The summed E-state index contributed by atoms with van der Waals surface area (Å²) in [5.74, 6) is 0.331. The zero-order chi connectivity index (χ0) is 10.7. The summed E-state index contributed by atoms with van der Waals surface area (Å²) in [5.41, 5.74) is 0. The van der Waals surface area contributed by atoms with E-state index in [1.807, 2.05) is 0 Å². The Morgan fingerprint density at radius 2 is 1.73 bits per heavy atom. The zero-order valence-electron chi connectivity index (χ0n) is 7.52. The van der Waals surface area contributed by atoms with E-state index in [1.54, 1.807) is 0 Å². The SMILES string of the molecule is Fc1ccc(Oc2nccnc2Cl)cc1. The summed E-state index contributed by atoms with van der Waals surface area (Å²) in [5, 5.41) is 0.168. The van der Waals surface area contributed by atoms with Gasteiger partial charge >= 0.3 is 0 Å². The van der Waals surface area contributed by atoms with Crippen molar-refractivity contribution in [1.29, 1.82) is 0 Å². The van der Waals surface area contributed by atoms with E-state index in [0.29, 0.717) is 5.75 Å². The molecule has 0 bridgehead atoms. The second kappa shape index (κ2) is 4.23. The van der Waals surface area contributed by atoms with Gasteiger partial charge in [-0.25, -0.2) is 14.4 Å². The van der Waals surface area contributed by atoms with Crippen LogP contribution in [0.15, 0.2) is 36.7 Å². The number of rotatable bonds is 2. The molecule has 0 atom stereocenters. The molecule has 76 valence electrons. The summed E-state index contributed by atoms with van der Waals surface area (Å²) in [6, 6.07) is 5.56. The summed E-state index contributed by atoms with van der Waals surface area (Å²) in [4.78, 5) is 7.68. The molecule has 5 heteroatoms. The van der Waals surface area contributed by atoms with Gasteiger partial charge in [-0.05, 0) is 24.3 Å².